The maximum absolute atomic E-state index is 11.7. The van der Waals surface area contributed by atoms with Crippen molar-refractivity contribution in [2.75, 3.05) is 39.9 Å². The number of carbonyl (C=O) groups excluding carboxylic acids is 1. The normalized spacial score (nSPS) is 11.1. The van der Waals surface area contributed by atoms with E-state index in [1.807, 2.05) is 6.92 Å². The minimum atomic E-state index is -0.119. The summed E-state index contributed by atoms with van der Waals surface area (Å²) in [5.74, 6) is 0.524. The molecule has 1 aromatic carbocycles. The van der Waals surface area contributed by atoms with E-state index in [4.69, 9.17) is 4.74 Å². The summed E-state index contributed by atoms with van der Waals surface area (Å²) in [6.07, 6.45) is 2.92. The summed E-state index contributed by atoms with van der Waals surface area (Å²) >= 11 is 0. The van der Waals surface area contributed by atoms with Crippen LogP contribution in [0.2, 0.25) is 0 Å². The average Bonchev–Trinajstić information content (AvgIpc) is 3.02. The Bertz CT molecular complexity index is 745. The molecule has 0 saturated carbocycles. The van der Waals surface area contributed by atoms with Crippen LogP contribution in [0.4, 0.5) is 0 Å². The van der Waals surface area contributed by atoms with E-state index in [1.165, 1.54) is 16.5 Å². The Kier molecular flexibility index (Phi) is 10.8. The number of fused-ring (bicyclic) bond motifs is 1. The number of benzene rings is 1. The van der Waals surface area contributed by atoms with Crippen LogP contribution in [0, 0.1) is 6.92 Å². The number of guanidine groups is 1. The molecule has 1 aromatic heterocycles. The highest BCUT2D eigenvalue weighted by molar-refractivity contribution is 14.0. The van der Waals surface area contributed by atoms with Gasteiger partial charge in [0.2, 0.25) is 5.91 Å². The van der Waals surface area contributed by atoms with Crippen molar-refractivity contribution in [3.63, 3.8) is 0 Å². The molecule has 0 aliphatic heterocycles. The minimum absolute atomic E-state index is 0. The second-order valence-electron chi connectivity index (χ2n) is 6.08. The lowest BCUT2D eigenvalue weighted by Gasteiger charge is -2.11. The van der Waals surface area contributed by atoms with Gasteiger partial charge in [0.1, 0.15) is 6.54 Å². The number of hydrogen-bond acceptors (Lipinski definition) is 3. The summed E-state index contributed by atoms with van der Waals surface area (Å²) in [6.45, 7) is 6.64. The molecular formula is C19H30IN5O2. The van der Waals surface area contributed by atoms with Crippen LogP contribution in [0.15, 0.2) is 29.4 Å². The first-order valence-corrected chi connectivity index (χ1v) is 8.98. The van der Waals surface area contributed by atoms with Crippen LogP contribution in [0.25, 0.3) is 10.9 Å². The van der Waals surface area contributed by atoms with E-state index in [9.17, 15) is 4.79 Å². The molecule has 0 aliphatic carbocycles. The fourth-order valence-corrected chi connectivity index (χ4v) is 2.66. The van der Waals surface area contributed by atoms with Gasteiger partial charge in [0.05, 0.1) is 6.61 Å². The molecule has 0 spiro atoms. The molecule has 2 aromatic rings. The monoisotopic (exact) mass is 487 g/mol. The molecule has 0 radical (unpaired) electrons. The fourth-order valence-electron chi connectivity index (χ4n) is 2.66. The van der Waals surface area contributed by atoms with E-state index < -0.39 is 0 Å². The number of ether oxygens (including phenoxy) is 1. The number of carbonyl (C=O) groups is 1. The maximum Gasteiger partial charge on any atom is 0.241 e. The van der Waals surface area contributed by atoms with Gasteiger partial charge in [0.15, 0.2) is 5.96 Å². The Balaban J connectivity index is 0.00000364. The number of aliphatic imine (C=N–C) groups is 1. The van der Waals surface area contributed by atoms with Crippen LogP contribution in [-0.2, 0) is 16.0 Å². The van der Waals surface area contributed by atoms with Crippen molar-refractivity contribution >= 4 is 46.7 Å². The maximum atomic E-state index is 11.7. The van der Waals surface area contributed by atoms with Crippen LogP contribution < -0.4 is 16.0 Å². The van der Waals surface area contributed by atoms with Gasteiger partial charge in [-0.3, -0.25) is 4.79 Å². The number of aromatic nitrogens is 1. The molecule has 1 heterocycles. The number of amides is 1. The van der Waals surface area contributed by atoms with Gasteiger partial charge in [-0.15, -0.1) is 24.0 Å². The topological polar surface area (TPSA) is 90.5 Å². The predicted octanol–water partition coefficient (Wildman–Crippen LogP) is 1.95. The first-order valence-electron chi connectivity index (χ1n) is 8.98. The molecule has 4 N–H and O–H groups in total. The first kappa shape index (κ1) is 23.2. The van der Waals surface area contributed by atoms with Crippen molar-refractivity contribution in [3.8, 4) is 0 Å². The van der Waals surface area contributed by atoms with Crippen LogP contribution >= 0.6 is 24.0 Å². The van der Waals surface area contributed by atoms with Gasteiger partial charge in [-0.1, -0.05) is 12.1 Å². The summed E-state index contributed by atoms with van der Waals surface area (Å²) < 4.78 is 4.90. The Hall–Kier alpha value is -1.81. The molecule has 8 heteroatoms. The average molecular weight is 487 g/mol. The van der Waals surface area contributed by atoms with E-state index in [-0.39, 0.29) is 36.4 Å². The number of H-pyrrole nitrogens is 1. The highest BCUT2D eigenvalue weighted by Gasteiger charge is 2.05. The Morgan fingerprint density at radius 1 is 1.22 bits per heavy atom. The van der Waals surface area contributed by atoms with Crippen molar-refractivity contribution in [3.05, 3.63) is 35.5 Å². The van der Waals surface area contributed by atoms with Gasteiger partial charge in [-0.25, -0.2) is 4.99 Å². The smallest absolute Gasteiger partial charge is 0.241 e. The highest BCUT2D eigenvalue weighted by atomic mass is 127. The lowest BCUT2D eigenvalue weighted by molar-refractivity contribution is -0.119. The fraction of sp³-hybridized carbons (Fsp3) is 0.474. The molecule has 0 aliphatic rings. The molecule has 7 nitrogen and oxygen atoms in total. The number of halogens is 1. The summed E-state index contributed by atoms with van der Waals surface area (Å²) in [4.78, 5) is 19.4. The van der Waals surface area contributed by atoms with Crippen LogP contribution in [0.5, 0.6) is 0 Å². The van der Waals surface area contributed by atoms with Crippen molar-refractivity contribution < 1.29 is 9.53 Å². The molecule has 0 saturated heterocycles. The number of methoxy groups -OCH3 is 1. The van der Waals surface area contributed by atoms with E-state index in [1.54, 1.807) is 7.11 Å². The number of nitrogens with zero attached hydrogens (tertiary/aromatic N) is 1. The highest BCUT2D eigenvalue weighted by Crippen LogP contribution is 2.19. The van der Waals surface area contributed by atoms with Crippen molar-refractivity contribution in [1.82, 2.24) is 20.9 Å². The van der Waals surface area contributed by atoms with E-state index >= 15 is 0 Å². The number of rotatable bonds is 9. The Labute approximate surface area is 177 Å². The summed E-state index contributed by atoms with van der Waals surface area (Å²) in [7, 11) is 1.60. The summed E-state index contributed by atoms with van der Waals surface area (Å²) in [5, 5.41) is 10.4. The SMILES string of the molecule is CCNC(=NCC(=O)NCCOC)NCCc1c[nH]c2cc(C)ccc12.I. The molecule has 0 atom stereocenters. The third-order valence-corrected chi connectivity index (χ3v) is 3.96. The number of hydrogen-bond donors (Lipinski definition) is 4. The largest absolute Gasteiger partial charge is 0.383 e. The molecular weight excluding hydrogens is 457 g/mol. The third-order valence-electron chi connectivity index (χ3n) is 3.96. The third kappa shape index (κ3) is 7.76. The van der Waals surface area contributed by atoms with Crippen molar-refractivity contribution in [1.29, 1.82) is 0 Å². The Morgan fingerprint density at radius 3 is 2.78 bits per heavy atom. The van der Waals surface area contributed by atoms with Crippen LogP contribution in [0.1, 0.15) is 18.1 Å². The minimum Gasteiger partial charge on any atom is -0.383 e. The zero-order chi connectivity index (χ0) is 18.8. The molecule has 1 amide bonds. The predicted molar refractivity (Wildman–Crippen MR) is 121 cm³/mol. The molecule has 0 unspecified atom stereocenters. The number of nitrogens with one attached hydrogen (secondary N) is 4. The van der Waals surface area contributed by atoms with Gasteiger partial charge in [0, 0.05) is 43.8 Å². The standard InChI is InChI=1S/C19H29N5O2.HI/c1-4-20-19(24-13-18(25)21-9-10-26-3)22-8-7-15-12-23-17-11-14(2)5-6-16(15)17;/h5-6,11-12,23H,4,7-10,13H2,1-3H3,(H,21,25)(H2,20,22,24);1H. The van der Waals surface area contributed by atoms with E-state index in [2.05, 4.69) is 57.2 Å². The van der Waals surface area contributed by atoms with Gasteiger partial charge in [-0.2, -0.15) is 0 Å². The molecule has 0 bridgehead atoms. The molecule has 150 valence electrons. The summed E-state index contributed by atoms with van der Waals surface area (Å²) in [6, 6.07) is 6.43. The van der Waals surface area contributed by atoms with Gasteiger partial charge in [-0.05, 0) is 37.5 Å². The second kappa shape index (κ2) is 12.6. The van der Waals surface area contributed by atoms with E-state index in [0.717, 1.165) is 25.0 Å². The second-order valence-corrected chi connectivity index (χ2v) is 6.08. The molecule has 27 heavy (non-hydrogen) atoms. The Morgan fingerprint density at radius 2 is 2.04 bits per heavy atom. The van der Waals surface area contributed by atoms with Crippen molar-refractivity contribution in [2.45, 2.75) is 20.3 Å². The zero-order valence-electron chi connectivity index (χ0n) is 16.2. The lowest BCUT2D eigenvalue weighted by Crippen LogP contribution is -2.39. The summed E-state index contributed by atoms with van der Waals surface area (Å²) in [5.41, 5.74) is 3.67. The van der Waals surface area contributed by atoms with Gasteiger partial charge < -0.3 is 25.7 Å². The van der Waals surface area contributed by atoms with Crippen LogP contribution in [0.3, 0.4) is 0 Å². The number of aryl methyl sites for hydroxylation is 1. The first-order chi connectivity index (χ1) is 12.6. The van der Waals surface area contributed by atoms with Crippen molar-refractivity contribution in [2.24, 2.45) is 4.99 Å². The zero-order valence-corrected chi connectivity index (χ0v) is 18.6. The van der Waals surface area contributed by atoms with Gasteiger partial charge >= 0.3 is 0 Å². The lowest BCUT2D eigenvalue weighted by atomic mass is 10.1. The van der Waals surface area contributed by atoms with E-state index in [0.29, 0.717) is 19.1 Å². The molecule has 0 fully saturated rings. The quantitative estimate of drug-likeness (QED) is 0.189. The number of aromatic amines is 1. The van der Waals surface area contributed by atoms with Gasteiger partial charge in [0.25, 0.3) is 0 Å². The van der Waals surface area contributed by atoms with Crippen LogP contribution in [-0.4, -0.2) is 56.7 Å². The molecule has 2 rings (SSSR count).